The lowest BCUT2D eigenvalue weighted by Crippen LogP contribution is -2.41. The largest absolute Gasteiger partial charge is 0.497 e. The van der Waals surface area contributed by atoms with Crippen LogP contribution in [0.25, 0.3) is 0 Å². The van der Waals surface area contributed by atoms with Gasteiger partial charge in [0, 0.05) is 30.7 Å². The Morgan fingerprint density at radius 1 is 1.00 bits per heavy atom. The second-order valence-electron chi connectivity index (χ2n) is 9.61. The molecule has 1 amide bonds. The predicted molar refractivity (Wildman–Crippen MR) is 143 cm³/mol. The van der Waals surface area contributed by atoms with E-state index in [1.54, 1.807) is 12.0 Å². The number of rotatable bonds is 9. The topological polar surface area (TPSA) is 88.5 Å². The summed E-state index contributed by atoms with van der Waals surface area (Å²) in [7, 11) is 1.59. The van der Waals surface area contributed by atoms with Gasteiger partial charge in [0.2, 0.25) is 12.7 Å². The summed E-state index contributed by atoms with van der Waals surface area (Å²) in [5.74, 6) is -0.141. The number of ether oxygens (including phenoxy) is 3. The van der Waals surface area contributed by atoms with Crippen molar-refractivity contribution in [2.75, 3.05) is 38.4 Å². The summed E-state index contributed by atoms with van der Waals surface area (Å²) >= 11 is 0. The monoisotopic (exact) mass is 516 g/mol. The zero-order valence-corrected chi connectivity index (χ0v) is 21.6. The third-order valence-corrected chi connectivity index (χ3v) is 7.32. The number of hydrogen-bond acceptors (Lipinski definition) is 6. The average Bonchev–Trinajstić information content (AvgIpc) is 3.56. The Hall–Kier alpha value is -4.04. The van der Waals surface area contributed by atoms with Crippen molar-refractivity contribution in [2.45, 2.75) is 25.3 Å². The molecule has 0 spiro atoms. The smallest absolute Gasteiger partial charge is 0.309 e. The van der Waals surface area contributed by atoms with Crippen LogP contribution in [0.1, 0.15) is 36.4 Å². The van der Waals surface area contributed by atoms with E-state index in [2.05, 4.69) is 0 Å². The number of fused-ring (bicyclic) bond motifs is 1. The van der Waals surface area contributed by atoms with Gasteiger partial charge in [0.05, 0.1) is 19.6 Å². The minimum absolute atomic E-state index is 0.0629. The van der Waals surface area contributed by atoms with Gasteiger partial charge in [0.25, 0.3) is 0 Å². The highest BCUT2D eigenvalue weighted by Crippen LogP contribution is 2.47. The first-order valence-corrected chi connectivity index (χ1v) is 12.9. The molecule has 3 atom stereocenters. The van der Waals surface area contributed by atoms with E-state index >= 15 is 0 Å². The summed E-state index contributed by atoms with van der Waals surface area (Å²) in [6.45, 7) is 3.27. The zero-order valence-electron chi connectivity index (χ0n) is 21.6. The molecule has 2 heterocycles. The molecule has 3 unspecified atom stereocenters. The van der Waals surface area contributed by atoms with Crippen molar-refractivity contribution in [3.63, 3.8) is 0 Å². The number of nitrogens with zero attached hydrogens (tertiary/aromatic N) is 2. The Labute approximate surface area is 222 Å². The number of carbonyl (C=O) groups is 2. The molecule has 1 saturated heterocycles. The lowest BCUT2D eigenvalue weighted by molar-refractivity contribution is -0.143. The van der Waals surface area contributed by atoms with E-state index < -0.39 is 17.9 Å². The molecule has 5 rings (SSSR count). The van der Waals surface area contributed by atoms with Gasteiger partial charge in [-0.15, -0.1) is 0 Å². The van der Waals surface area contributed by atoms with Gasteiger partial charge in [0.1, 0.15) is 5.75 Å². The highest BCUT2D eigenvalue weighted by molar-refractivity contribution is 5.95. The third kappa shape index (κ3) is 5.04. The minimum atomic E-state index is -0.906. The minimum Gasteiger partial charge on any atom is -0.497 e. The molecule has 0 bridgehead atoms. The number of para-hydroxylation sites is 1. The molecule has 0 aliphatic carbocycles. The molecule has 0 aromatic heterocycles. The van der Waals surface area contributed by atoms with E-state index in [4.69, 9.17) is 14.2 Å². The molecular weight excluding hydrogens is 484 g/mol. The third-order valence-electron chi connectivity index (χ3n) is 7.32. The molecule has 198 valence electrons. The molecule has 1 N–H and O–H groups in total. The van der Waals surface area contributed by atoms with Gasteiger partial charge in [0.15, 0.2) is 11.5 Å². The molecule has 0 radical (unpaired) electrons. The second-order valence-corrected chi connectivity index (χ2v) is 9.61. The van der Waals surface area contributed by atoms with Crippen molar-refractivity contribution in [1.82, 2.24) is 4.90 Å². The number of amides is 1. The van der Waals surface area contributed by atoms with Crippen LogP contribution in [0, 0.1) is 5.92 Å². The first-order chi connectivity index (χ1) is 18.5. The van der Waals surface area contributed by atoms with Gasteiger partial charge in [-0.2, -0.15) is 0 Å². The number of carboxylic acid groups (broad SMARTS) is 1. The van der Waals surface area contributed by atoms with Crippen molar-refractivity contribution in [1.29, 1.82) is 0 Å². The van der Waals surface area contributed by atoms with Crippen molar-refractivity contribution < 1.29 is 28.9 Å². The molecule has 2 aliphatic rings. The summed E-state index contributed by atoms with van der Waals surface area (Å²) in [5, 5.41) is 10.5. The van der Waals surface area contributed by atoms with E-state index in [1.165, 1.54) is 0 Å². The fraction of sp³-hybridized carbons (Fsp3) is 0.333. The van der Waals surface area contributed by atoms with Crippen molar-refractivity contribution in [2.24, 2.45) is 5.92 Å². The molecule has 38 heavy (non-hydrogen) atoms. The normalized spacial score (nSPS) is 20.3. The Kier molecular flexibility index (Phi) is 7.51. The van der Waals surface area contributed by atoms with Crippen LogP contribution < -0.4 is 19.1 Å². The molecule has 2 aliphatic heterocycles. The first-order valence-electron chi connectivity index (χ1n) is 12.9. The summed E-state index contributed by atoms with van der Waals surface area (Å²) in [4.78, 5) is 30.3. The summed E-state index contributed by atoms with van der Waals surface area (Å²) in [6.07, 6.45) is 0.806. The lowest BCUT2D eigenvalue weighted by atomic mass is 9.82. The number of carbonyl (C=O) groups excluding carboxylic acids is 1. The van der Waals surface area contributed by atoms with Crippen LogP contribution in [0.3, 0.4) is 0 Å². The van der Waals surface area contributed by atoms with Crippen molar-refractivity contribution in [3.05, 3.63) is 83.9 Å². The molecule has 3 aromatic rings. The van der Waals surface area contributed by atoms with Crippen molar-refractivity contribution >= 4 is 17.6 Å². The molecule has 8 nitrogen and oxygen atoms in total. The average molecular weight is 517 g/mol. The lowest BCUT2D eigenvalue weighted by Gasteiger charge is -2.30. The standard InChI is InChI=1S/C30H32N2O6/c1-3-15-32(22-7-5-4-6-8-22)27(33)18-31-17-24(21-11-14-25-26(16-21)38-19-37-25)28(30(34)35)29(31)20-9-12-23(36-2)13-10-20/h4-14,16,24,28-29H,3,15,17-19H2,1-2H3,(H,34,35). The van der Waals surface area contributed by atoms with Gasteiger partial charge in [-0.1, -0.05) is 43.3 Å². The Morgan fingerprint density at radius 2 is 1.71 bits per heavy atom. The fourth-order valence-corrected chi connectivity index (χ4v) is 5.56. The SMILES string of the molecule is CCCN(C(=O)CN1CC(c2ccc3c(c2)OCO3)C(C(=O)O)C1c1ccc(OC)cc1)c1ccccc1. The first kappa shape index (κ1) is 25.6. The molecule has 8 heteroatoms. The summed E-state index contributed by atoms with van der Waals surface area (Å²) in [6, 6.07) is 22.1. The summed E-state index contributed by atoms with van der Waals surface area (Å²) in [5.41, 5.74) is 2.52. The zero-order chi connectivity index (χ0) is 26.6. The van der Waals surface area contributed by atoms with E-state index in [9.17, 15) is 14.7 Å². The maximum absolute atomic E-state index is 13.7. The molecular formula is C30H32N2O6. The van der Waals surface area contributed by atoms with Gasteiger partial charge in [-0.25, -0.2) is 0 Å². The van der Waals surface area contributed by atoms with Crippen LogP contribution in [0.15, 0.2) is 72.8 Å². The quantitative estimate of drug-likeness (QED) is 0.441. The van der Waals surface area contributed by atoms with E-state index in [0.29, 0.717) is 30.3 Å². The van der Waals surface area contributed by atoms with Crippen LogP contribution in [-0.2, 0) is 9.59 Å². The highest BCUT2D eigenvalue weighted by atomic mass is 16.7. The number of carboxylic acids is 1. The van der Waals surface area contributed by atoms with Crippen molar-refractivity contribution in [3.8, 4) is 17.2 Å². The van der Waals surface area contributed by atoms with E-state index in [1.807, 2.05) is 84.6 Å². The fourth-order valence-electron chi connectivity index (χ4n) is 5.56. The number of likely N-dealkylation sites (tertiary alicyclic amines) is 1. The summed E-state index contributed by atoms with van der Waals surface area (Å²) < 4.78 is 16.4. The maximum Gasteiger partial charge on any atom is 0.309 e. The van der Waals surface area contributed by atoms with E-state index in [-0.39, 0.29) is 25.2 Å². The van der Waals surface area contributed by atoms with Gasteiger partial charge in [-0.05, 0) is 53.9 Å². The van der Waals surface area contributed by atoms with Gasteiger partial charge < -0.3 is 24.2 Å². The Balaban J connectivity index is 1.51. The molecule has 0 saturated carbocycles. The van der Waals surface area contributed by atoms with Crippen LogP contribution >= 0.6 is 0 Å². The number of aliphatic carboxylic acids is 1. The van der Waals surface area contributed by atoms with Gasteiger partial charge >= 0.3 is 5.97 Å². The number of anilines is 1. The highest BCUT2D eigenvalue weighted by Gasteiger charge is 2.48. The second kappa shape index (κ2) is 11.1. The Morgan fingerprint density at radius 3 is 2.39 bits per heavy atom. The van der Waals surface area contributed by atoms with Gasteiger partial charge in [-0.3, -0.25) is 14.5 Å². The van der Waals surface area contributed by atoms with E-state index in [0.717, 1.165) is 23.2 Å². The number of benzene rings is 3. The van der Waals surface area contributed by atoms with Crippen LogP contribution in [0.5, 0.6) is 17.2 Å². The number of hydrogen-bond donors (Lipinski definition) is 1. The van der Waals surface area contributed by atoms with Crippen LogP contribution in [0.4, 0.5) is 5.69 Å². The number of methoxy groups -OCH3 is 1. The molecule has 1 fully saturated rings. The predicted octanol–water partition coefficient (Wildman–Crippen LogP) is 4.71. The molecule has 3 aromatic carbocycles. The Bertz CT molecular complexity index is 1280. The van der Waals surface area contributed by atoms with Crippen LogP contribution in [0.2, 0.25) is 0 Å². The maximum atomic E-state index is 13.7. The van der Waals surface area contributed by atoms with Crippen LogP contribution in [-0.4, -0.2) is 55.4 Å².